The molecule has 0 fully saturated rings. The number of nitrogen functional groups attached to an aromatic ring is 1. The van der Waals surface area contributed by atoms with Crippen LogP contribution >= 0.6 is 0 Å². The predicted octanol–water partition coefficient (Wildman–Crippen LogP) is 2.53. The van der Waals surface area contributed by atoms with E-state index in [9.17, 15) is 13.2 Å². The Hall–Kier alpha value is -2.55. The minimum Gasteiger partial charge on any atom is -0.490 e. The normalized spacial score (nSPS) is 11.1. The van der Waals surface area contributed by atoms with Crippen LogP contribution in [-0.4, -0.2) is 17.1 Å². The number of nitrogens with one attached hydrogen (secondary N) is 2. The molecule has 0 aliphatic rings. The molecule has 112 valence electrons. The third-order valence-corrected chi connectivity index (χ3v) is 2.60. The number of nitrogens with zero attached hydrogens (tertiary/aromatic N) is 2. The summed E-state index contributed by atoms with van der Waals surface area (Å²) < 4.78 is 43.1. The Balaban J connectivity index is 2.35. The van der Waals surface area contributed by atoms with Crippen LogP contribution < -0.4 is 21.3 Å². The summed E-state index contributed by atoms with van der Waals surface area (Å²) in [7, 11) is 1.37. The highest BCUT2D eigenvalue weighted by Crippen LogP contribution is 2.34. The summed E-state index contributed by atoms with van der Waals surface area (Å²) in [6, 6.07) is 4.72. The first-order valence-corrected chi connectivity index (χ1v) is 5.75. The molecule has 4 N–H and O–H groups in total. The van der Waals surface area contributed by atoms with Crippen LogP contribution in [-0.2, 0) is 6.18 Å². The minimum absolute atomic E-state index is 0.192. The molecule has 1 aromatic heterocycles. The number of ether oxygens (including phenoxy) is 1. The number of rotatable bonds is 4. The van der Waals surface area contributed by atoms with E-state index in [4.69, 9.17) is 10.6 Å². The molecule has 2 aromatic rings. The Morgan fingerprint density at radius 3 is 2.52 bits per heavy atom. The molecule has 0 atom stereocenters. The van der Waals surface area contributed by atoms with Crippen LogP contribution in [0.25, 0.3) is 0 Å². The maximum Gasteiger partial charge on any atom is 0.416 e. The molecule has 0 unspecified atom stereocenters. The van der Waals surface area contributed by atoms with E-state index >= 15 is 0 Å². The molecule has 0 aliphatic heterocycles. The molecule has 1 heterocycles. The molecule has 21 heavy (non-hydrogen) atoms. The van der Waals surface area contributed by atoms with Crippen LogP contribution in [0.1, 0.15) is 5.56 Å². The number of hydrogen-bond acceptors (Lipinski definition) is 6. The van der Waals surface area contributed by atoms with Gasteiger partial charge in [-0.2, -0.15) is 13.2 Å². The molecule has 0 spiro atoms. The van der Waals surface area contributed by atoms with Crippen molar-refractivity contribution in [3.8, 4) is 5.75 Å². The van der Waals surface area contributed by atoms with Crippen molar-refractivity contribution < 1.29 is 17.9 Å². The number of benzene rings is 1. The van der Waals surface area contributed by atoms with Crippen molar-refractivity contribution in [2.75, 3.05) is 17.9 Å². The molecule has 9 heteroatoms. The van der Waals surface area contributed by atoms with Gasteiger partial charge in [-0.05, 0) is 18.2 Å². The van der Waals surface area contributed by atoms with Crippen LogP contribution in [0.3, 0.4) is 0 Å². The second-order valence-corrected chi connectivity index (χ2v) is 3.95. The van der Waals surface area contributed by atoms with Gasteiger partial charge in [-0.15, -0.1) is 0 Å². The predicted molar refractivity (Wildman–Crippen MR) is 71.1 cm³/mol. The summed E-state index contributed by atoms with van der Waals surface area (Å²) in [6.07, 6.45) is -3.22. The fourth-order valence-corrected chi connectivity index (χ4v) is 1.67. The highest BCUT2D eigenvalue weighted by Gasteiger charge is 2.30. The lowest BCUT2D eigenvalue weighted by atomic mass is 10.2. The van der Waals surface area contributed by atoms with E-state index in [-0.39, 0.29) is 23.1 Å². The van der Waals surface area contributed by atoms with Gasteiger partial charge in [0.2, 0.25) is 5.75 Å². The monoisotopic (exact) mass is 299 g/mol. The summed E-state index contributed by atoms with van der Waals surface area (Å²) in [5.74, 6) is 5.87. The number of halogens is 3. The smallest absolute Gasteiger partial charge is 0.416 e. The van der Waals surface area contributed by atoms with Crippen molar-refractivity contribution in [2.45, 2.75) is 6.18 Å². The Bertz CT molecular complexity index is 633. The second kappa shape index (κ2) is 5.83. The standard InChI is InChI=1S/C12H12F3N5O/c1-21-9-10(17-6-18-11(9)20-16)19-8-4-2-3-7(5-8)12(13,14)15/h2-6H,16H2,1H3,(H2,17,18,19,20). The van der Waals surface area contributed by atoms with Gasteiger partial charge in [0.1, 0.15) is 6.33 Å². The molecule has 0 radical (unpaired) electrons. The second-order valence-electron chi connectivity index (χ2n) is 3.95. The van der Waals surface area contributed by atoms with Gasteiger partial charge in [-0.25, -0.2) is 15.8 Å². The molecule has 2 rings (SSSR count). The molecular weight excluding hydrogens is 287 g/mol. The van der Waals surface area contributed by atoms with Gasteiger partial charge < -0.3 is 15.5 Å². The Labute approximate surface area is 118 Å². The van der Waals surface area contributed by atoms with E-state index in [1.807, 2.05) is 0 Å². The average molecular weight is 299 g/mol. The highest BCUT2D eigenvalue weighted by molar-refractivity contribution is 5.69. The summed E-state index contributed by atoms with van der Waals surface area (Å²) >= 11 is 0. The fraction of sp³-hybridized carbons (Fsp3) is 0.167. The van der Waals surface area contributed by atoms with E-state index in [1.165, 1.54) is 25.6 Å². The number of alkyl halides is 3. The molecule has 6 nitrogen and oxygen atoms in total. The molecule has 0 saturated carbocycles. The molecule has 0 amide bonds. The van der Waals surface area contributed by atoms with Crippen molar-refractivity contribution in [2.24, 2.45) is 5.84 Å². The first-order chi connectivity index (χ1) is 9.95. The van der Waals surface area contributed by atoms with Crippen LogP contribution in [0.15, 0.2) is 30.6 Å². The van der Waals surface area contributed by atoms with Crippen LogP contribution in [0, 0.1) is 0 Å². The van der Waals surface area contributed by atoms with Gasteiger partial charge in [0.15, 0.2) is 11.6 Å². The minimum atomic E-state index is -4.42. The van der Waals surface area contributed by atoms with Gasteiger partial charge in [0.05, 0.1) is 12.7 Å². The first kappa shape index (κ1) is 14.9. The third kappa shape index (κ3) is 3.31. The fourth-order valence-electron chi connectivity index (χ4n) is 1.67. The Morgan fingerprint density at radius 2 is 1.90 bits per heavy atom. The van der Waals surface area contributed by atoms with Crippen molar-refractivity contribution in [3.63, 3.8) is 0 Å². The Kier molecular flexibility index (Phi) is 4.13. The number of anilines is 3. The lowest BCUT2D eigenvalue weighted by Gasteiger charge is -2.13. The van der Waals surface area contributed by atoms with E-state index in [1.54, 1.807) is 0 Å². The van der Waals surface area contributed by atoms with E-state index < -0.39 is 11.7 Å². The number of nitrogens with two attached hydrogens (primary N) is 1. The van der Waals surface area contributed by atoms with Crippen molar-refractivity contribution in [1.29, 1.82) is 0 Å². The van der Waals surface area contributed by atoms with E-state index in [2.05, 4.69) is 20.7 Å². The summed E-state index contributed by atoms with van der Waals surface area (Å²) in [6.45, 7) is 0. The quantitative estimate of drug-likeness (QED) is 0.594. The van der Waals surface area contributed by atoms with Gasteiger partial charge in [-0.3, -0.25) is 0 Å². The van der Waals surface area contributed by atoms with E-state index in [0.29, 0.717) is 0 Å². The SMILES string of the molecule is COc1c(NN)ncnc1Nc1cccc(C(F)(F)F)c1. The van der Waals surface area contributed by atoms with Crippen LogP contribution in [0.4, 0.5) is 30.5 Å². The number of aromatic nitrogens is 2. The van der Waals surface area contributed by atoms with Gasteiger partial charge in [0, 0.05) is 5.69 Å². The van der Waals surface area contributed by atoms with Crippen LogP contribution in [0.2, 0.25) is 0 Å². The molecule has 0 aliphatic carbocycles. The van der Waals surface area contributed by atoms with Crippen LogP contribution in [0.5, 0.6) is 5.75 Å². The van der Waals surface area contributed by atoms with Crippen molar-refractivity contribution >= 4 is 17.3 Å². The third-order valence-electron chi connectivity index (χ3n) is 2.60. The number of hydrazine groups is 1. The molecular formula is C12H12F3N5O. The highest BCUT2D eigenvalue weighted by atomic mass is 19.4. The Morgan fingerprint density at radius 1 is 1.19 bits per heavy atom. The summed E-state index contributed by atoms with van der Waals surface area (Å²) in [4.78, 5) is 7.76. The zero-order valence-corrected chi connectivity index (χ0v) is 10.9. The summed E-state index contributed by atoms with van der Waals surface area (Å²) in [5.41, 5.74) is 1.76. The van der Waals surface area contributed by atoms with Crippen molar-refractivity contribution in [1.82, 2.24) is 9.97 Å². The lowest BCUT2D eigenvalue weighted by molar-refractivity contribution is -0.137. The topological polar surface area (TPSA) is 85.1 Å². The number of methoxy groups -OCH3 is 1. The first-order valence-electron chi connectivity index (χ1n) is 5.75. The maximum atomic E-state index is 12.7. The van der Waals surface area contributed by atoms with E-state index in [0.717, 1.165) is 12.1 Å². The zero-order valence-electron chi connectivity index (χ0n) is 10.9. The molecule has 0 bridgehead atoms. The molecule has 1 aromatic carbocycles. The average Bonchev–Trinajstić information content (AvgIpc) is 2.46. The molecule has 0 saturated heterocycles. The number of hydrogen-bond donors (Lipinski definition) is 3. The van der Waals surface area contributed by atoms with Crippen molar-refractivity contribution in [3.05, 3.63) is 36.2 Å². The van der Waals surface area contributed by atoms with Gasteiger partial charge in [-0.1, -0.05) is 6.07 Å². The van der Waals surface area contributed by atoms with Gasteiger partial charge >= 0.3 is 6.18 Å². The zero-order chi connectivity index (χ0) is 15.5. The van der Waals surface area contributed by atoms with Gasteiger partial charge in [0.25, 0.3) is 0 Å². The maximum absolute atomic E-state index is 12.7. The lowest BCUT2D eigenvalue weighted by Crippen LogP contribution is -2.11. The largest absolute Gasteiger partial charge is 0.490 e. The summed E-state index contributed by atoms with van der Waals surface area (Å²) in [5, 5.41) is 2.74.